The van der Waals surface area contributed by atoms with E-state index in [1.54, 1.807) is 0 Å². The summed E-state index contributed by atoms with van der Waals surface area (Å²) in [6.45, 7) is 8.21. The molecule has 0 atom stereocenters. The molecule has 0 saturated carbocycles. The Morgan fingerprint density at radius 1 is 1.31 bits per heavy atom. The fraction of sp³-hybridized carbons (Fsp3) is 0.571. The Balaban J connectivity index is 2.42. The molecule has 0 aliphatic carbocycles. The first-order valence-corrected chi connectivity index (χ1v) is 5.97. The number of hydrogen-bond acceptors (Lipinski definition) is 2. The van der Waals surface area contributed by atoms with Crippen LogP contribution < -0.4 is 5.32 Å². The summed E-state index contributed by atoms with van der Waals surface area (Å²) in [6, 6.07) is 6.79. The van der Waals surface area contributed by atoms with E-state index in [1.165, 1.54) is 16.7 Å². The van der Waals surface area contributed by atoms with Gasteiger partial charge in [-0.25, -0.2) is 0 Å². The number of nitrogens with one attached hydrogen (secondary N) is 1. The lowest BCUT2D eigenvalue weighted by Crippen LogP contribution is -2.56. The standard InChI is InChI=1S/C14H21NO/c1-10(2)12-6-5-11(3)13(7-12)14(15-4)8-16-9-14/h5-7,10,15H,8-9H2,1-4H3. The molecule has 88 valence electrons. The Morgan fingerprint density at radius 3 is 2.44 bits per heavy atom. The van der Waals surface area contributed by atoms with Gasteiger partial charge in [0.1, 0.15) is 0 Å². The summed E-state index contributed by atoms with van der Waals surface area (Å²) in [5.74, 6) is 0.578. The molecule has 0 aromatic heterocycles. The number of aryl methyl sites for hydroxylation is 1. The molecule has 0 bridgehead atoms. The number of likely N-dealkylation sites (N-methyl/N-ethyl adjacent to an activating group) is 1. The van der Waals surface area contributed by atoms with Crippen LogP contribution in [0.1, 0.15) is 36.5 Å². The minimum atomic E-state index is 0.0506. The minimum absolute atomic E-state index is 0.0506. The van der Waals surface area contributed by atoms with Gasteiger partial charge in [0.25, 0.3) is 0 Å². The van der Waals surface area contributed by atoms with Crippen molar-refractivity contribution >= 4 is 0 Å². The highest BCUT2D eigenvalue weighted by Crippen LogP contribution is 2.33. The van der Waals surface area contributed by atoms with E-state index in [-0.39, 0.29) is 5.54 Å². The van der Waals surface area contributed by atoms with Crippen molar-refractivity contribution in [2.24, 2.45) is 0 Å². The highest BCUT2D eigenvalue weighted by molar-refractivity contribution is 5.39. The van der Waals surface area contributed by atoms with E-state index in [2.05, 4.69) is 44.3 Å². The van der Waals surface area contributed by atoms with E-state index in [0.29, 0.717) is 5.92 Å². The lowest BCUT2D eigenvalue weighted by Gasteiger charge is -2.43. The lowest BCUT2D eigenvalue weighted by atomic mass is 9.83. The van der Waals surface area contributed by atoms with Crippen molar-refractivity contribution in [3.05, 3.63) is 34.9 Å². The van der Waals surface area contributed by atoms with Crippen molar-refractivity contribution in [3.63, 3.8) is 0 Å². The summed E-state index contributed by atoms with van der Waals surface area (Å²) in [5, 5.41) is 3.41. The van der Waals surface area contributed by atoms with Crippen molar-refractivity contribution in [2.45, 2.75) is 32.2 Å². The SMILES string of the molecule is CNC1(c2cc(C(C)C)ccc2C)COC1. The summed E-state index contributed by atoms with van der Waals surface area (Å²) < 4.78 is 5.38. The third-order valence-electron chi connectivity index (χ3n) is 3.62. The Kier molecular flexibility index (Phi) is 3.04. The highest BCUT2D eigenvalue weighted by atomic mass is 16.5. The number of rotatable bonds is 3. The molecule has 16 heavy (non-hydrogen) atoms. The van der Waals surface area contributed by atoms with Crippen LogP contribution in [0.25, 0.3) is 0 Å². The van der Waals surface area contributed by atoms with Crippen LogP contribution in [0.3, 0.4) is 0 Å². The molecule has 1 aromatic carbocycles. The van der Waals surface area contributed by atoms with Crippen LogP contribution >= 0.6 is 0 Å². The number of benzene rings is 1. The van der Waals surface area contributed by atoms with Crippen molar-refractivity contribution in [1.29, 1.82) is 0 Å². The Bertz CT molecular complexity index is 375. The zero-order chi connectivity index (χ0) is 11.8. The molecule has 0 amide bonds. The average Bonchev–Trinajstić information content (AvgIpc) is 2.19. The van der Waals surface area contributed by atoms with Crippen molar-refractivity contribution < 1.29 is 4.74 Å². The molecule has 1 heterocycles. The van der Waals surface area contributed by atoms with Crippen molar-refractivity contribution in [1.82, 2.24) is 5.32 Å². The van der Waals surface area contributed by atoms with Crippen LogP contribution in [0.4, 0.5) is 0 Å². The van der Waals surface area contributed by atoms with Gasteiger partial charge in [-0.05, 0) is 36.6 Å². The molecule has 1 aromatic rings. The third-order valence-corrected chi connectivity index (χ3v) is 3.62. The summed E-state index contributed by atoms with van der Waals surface area (Å²) >= 11 is 0. The Labute approximate surface area is 98.0 Å². The largest absolute Gasteiger partial charge is 0.377 e. The molecule has 1 fully saturated rings. The maximum absolute atomic E-state index is 5.38. The quantitative estimate of drug-likeness (QED) is 0.843. The summed E-state index contributed by atoms with van der Waals surface area (Å²) in [4.78, 5) is 0. The monoisotopic (exact) mass is 219 g/mol. The fourth-order valence-corrected chi connectivity index (χ4v) is 2.25. The second kappa shape index (κ2) is 4.19. The first-order valence-electron chi connectivity index (χ1n) is 5.97. The number of ether oxygens (including phenoxy) is 1. The van der Waals surface area contributed by atoms with Gasteiger partial charge in [-0.15, -0.1) is 0 Å². The van der Waals surface area contributed by atoms with Crippen LogP contribution in [0.2, 0.25) is 0 Å². The Morgan fingerprint density at radius 2 is 2.00 bits per heavy atom. The highest BCUT2D eigenvalue weighted by Gasteiger charge is 2.39. The smallest absolute Gasteiger partial charge is 0.0908 e. The van der Waals surface area contributed by atoms with Crippen LogP contribution in [0.15, 0.2) is 18.2 Å². The molecule has 1 aliphatic heterocycles. The molecule has 1 saturated heterocycles. The predicted octanol–water partition coefficient (Wildman–Crippen LogP) is 2.56. The molecule has 1 aliphatic rings. The van der Waals surface area contributed by atoms with Gasteiger partial charge >= 0.3 is 0 Å². The van der Waals surface area contributed by atoms with Crippen LogP contribution in [0.5, 0.6) is 0 Å². The molecular weight excluding hydrogens is 198 g/mol. The zero-order valence-electron chi connectivity index (χ0n) is 10.6. The van der Waals surface area contributed by atoms with Gasteiger partial charge in [0, 0.05) is 0 Å². The van der Waals surface area contributed by atoms with Crippen molar-refractivity contribution in [3.8, 4) is 0 Å². The van der Waals surface area contributed by atoms with Gasteiger partial charge in [0.15, 0.2) is 0 Å². The molecule has 1 N–H and O–H groups in total. The minimum Gasteiger partial charge on any atom is -0.377 e. The molecule has 0 unspecified atom stereocenters. The summed E-state index contributed by atoms with van der Waals surface area (Å²) in [7, 11) is 2.02. The van der Waals surface area contributed by atoms with Gasteiger partial charge in [0.05, 0.1) is 18.8 Å². The van der Waals surface area contributed by atoms with E-state index in [1.807, 2.05) is 7.05 Å². The maximum atomic E-state index is 5.38. The number of hydrogen-bond donors (Lipinski definition) is 1. The van der Waals surface area contributed by atoms with Crippen LogP contribution in [-0.4, -0.2) is 20.3 Å². The summed E-state index contributed by atoms with van der Waals surface area (Å²) in [6.07, 6.45) is 0. The van der Waals surface area contributed by atoms with Gasteiger partial charge in [0.2, 0.25) is 0 Å². The zero-order valence-corrected chi connectivity index (χ0v) is 10.6. The van der Waals surface area contributed by atoms with E-state index >= 15 is 0 Å². The normalized spacial score (nSPS) is 18.6. The van der Waals surface area contributed by atoms with Crippen LogP contribution in [-0.2, 0) is 10.3 Å². The molecule has 2 heteroatoms. The van der Waals surface area contributed by atoms with E-state index in [9.17, 15) is 0 Å². The lowest BCUT2D eigenvalue weighted by molar-refractivity contribution is -0.0751. The fourth-order valence-electron chi connectivity index (χ4n) is 2.25. The van der Waals surface area contributed by atoms with Gasteiger partial charge in [-0.1, -0.05) is 32.0 Å². The molecular formula is C14H21NO. The first-order chi connectivity index (χ1) is 7.59. The Hall–Kier alpha value is -0.860. The van der Waals surface area contributed by atoms with Gasteiger partial charge in [-0.2, -0.15) is 0 Å². The van der Waals surface area contributed by atoms with Crippen molar-refractivity contribution in [2.75, 3.05) is 20.3 Å². The topological polar surface area (TPSA) is 21.3 Å². The predicted molar refractivity (Wildman–Crippen MR) is 66.8 cm³/mol. The third kappa shape index (κ3) is 1.76. The van der Waals surface area contributed by atoms with Gasteiger partial charge < -0.3 is 10.1 Å². The van der Waals surface area contributed by atoms with E-state index < -0.39 is 0 Å². The maximum Gasteiger partial charge on any atom is 0.0908 e. The molecule has 0 radical (unpaired) electrons. The second-order valence-corrected chi connectivity index (χ2v) is 5.05. The first kappa shape index (κ1) is 11.6. The molecule has 2 rings (SSSR count). The van der Waals surface area contributed by atoms with E-state index in [0.717, 1.165) is 13.2 Å². The molecule has 2 nitrogen and oxygen atoms in total. The van der Waals surface area contributed by atoms with Gasteiger partial charge in [-0.3, -0.25) is 0 Å². The van der Waals surface area contributed by atoms with Crippen LogP contribution in [0, 0.1) is 6.92 Å². The average molecular weight is 219 g/mol. The second-order valence-electron chi connectivity index (χ2n) is 5.05. The summed E-state index contributed by atoms with van der Waals surface area (Å²) in [5.41, 5.74) is 4.20. The molecule has 0 spiro atoms. The van der Waals surface area contributed by atoms with E-state index in [4.69, 9.17) is 4.74 Å².